The molecule has 9 heteroatoms. The minimum Gasteiger partial charge on any atom is -0.490 e. The molecule has 1 fully saturated rings. The zero-order chi connectivity index (χ0) is 21.9. The lowest BCUT2D eigenvalue weighted by molar-refractivity contribution is -0.129. The Morgan fingerprint density at radius 3 is 2.81 bits per heavy atom. The fraction of sp³-hybridized carbons (Fsp3) is 0.348. The largest absolute Gasteiger partial charge is 0.490 e. The molecule has 3 aromatic rings. The molecule has 0 N–H and O–H groups in total. The normalized spacial score (nSPS) is 17.9. The van der Waals surface area contributed by atoms with E-state index in [1.807, 2.05) is 23.1 Å². The van der Waals surface area contributed by atoms with Gasteiger partial charge in [0.2, 0.25) is 5.91 Å². The fourth-order valence-corrected chi connectivity index (χ4v) is 4.67. The highest BCUT2D eigenvalue weighted by atomic mass is 32.2. The number of nitrogens with zero attached hydrogens (tertiary/aromatic N) is 3. The van der Waals surface area contributed by atoms with Gasteiger partial charge in [-0.15, -0.1) is 10.2 Å². The van der Waals surface area contributed by atoms with Crippen LogP contribution >= 0.6 is 11.8 Å². The topological polar surface area (TPSA) is 77.7 Å². The van der Waals surface area contributed by atoms with Crippen LogP contribution in [0.4, 0.5) is 4.39 Å². The van der Waals surface area contributed by atoms with Gasteiger partial charge in [0.05, 0.1) is 30.6 Å². The Kier molecular flexibility index (Phi) is 5.98. The molecule has 7 nitrogen and oxygen atoms in total. The number of halogens is 1. The van der Waals surface area contributed by atoms with Crippen LogP contribution in [0.3, 0.4) is 0 Å². The van der Waals surface area contributed by atoms with Crippen LogP contribution in [0.15, 0.2) is 52.1 Å². The van der Waals surface area contributed by atoms with Gasteiger partial charge < -0.3 is 18.8 Å². The molecule has 1 saturated heterocycles. The summed E-state index contributed by atoms with van der Waals surface area (Å²) in [5, 5.41) is 8.09. The minimum atomic E-state index is -0.432. The summed E-state index contributed by atoms with van der Waals surface area (Å²) < 4.78 is 31.0. The minimum absolute atomic E-state index is 0.00286. The molecule has 0 unspecified atom stereocenters. The average Bonchev–Trinajstić information content (AvgIpc) is 3.43. The van der Waals surface area contributed by atoms with E-state index in [2.05, 4.69) is 10.2 Å². The van der Waals surface area contributed by atoms with E-state index in [1.165, 1.54) is 6.07 Å². The van der Waals surface area contributed by atoms with Crippen molar-refractivity contribution >= 4 is 17.7 Å². The molecule has 0 bridgehead atoms. The Balaban J connectivity index is 1.25. The molecule has 1 aromatic heterocycles. The van der Waals surface area contributed by atoms with Gasteiger partial charge in [-0.2, -0.15) is 0 Å². The van der Waals surface area contributed by atoms with Crippen molar-refractivity contribution in [1.29, 1.82) is 0 Å². The number of amides is 1. The van der Waals surface area contributed by atoms with Crippen molar-refractivity contribution in [1.82, 2.24) is 15.1 Å². The third-order valence-electron chi connectivity index (χ3n) is 5.56. The number of ether oxygens (including phenoxy) is 2. The molecule has 2 aliphatic rings. The molecular weight excluding hydrogens is 433 g/mol. The molecule has 1 atom stereocenters. The van der Waals surface area contributed by atoms with Crippen LogP contribution in [0.1, 0.15) is 30.9 Å². The first kappa shape index (κ1) is 20.8. The third-order valence-corrected chi connectivity index (χ3v) is 6.36. The third kappa shape index (κ3) is 4.29. The maximum atomic E-state index is 13.9. The van der Waals surface area contributed by atoms with E-state index in [1.54, 1.807) is 18.2 Å². The van der Waals surface area contributed by atoms with E-state index < -0.39 is 5.82 Å². The predicted octanol–water partition coefficient (Wildman–Crippen LogP) is 4.49. The van der Waals surface area contributed by atoms with E-state index in [9.17, 15) is 9.18 Å². The quantitative estimate of drug-likeness (QED) is 0.525. The lowest BCUT2D eigenvalue weighted by Gasteiger charge is -2.25. The maximum absolute atomic E-state index is 13.9. The molecule has 0 radical (unpaired) electrons. The number of hydrogen-bond acceptors (Lipinski definition) is 7. The van der Waals surface area contributed by atoms with Crippen LogP contribution in [0, 0.1) is 5.82 Å². The van der Waals surface area contributed by atoms with Crippen LogP contribution in [-0.2, 0) is 4.79 Å². The van der Waals surface area contributed by atoms with E-state index in [-0.39, 0.29) is 34.4 Å². The number of hydrogen-bond donors (Lipinski definition) is 0. The monoisotopic (exact) mass is 455 g/mol. The van der Waals surface area contributed by atoms with E-state index in [4.69, 9.17) is 13.9 Å². The molecule has 5 rings (SSSR count). The Morgan fingerprint density at radius 2 is 1.94 bits per heavy atom. The van der Waals surface area contributed by atoms with Crippen LogP contribution in [0.5, 0.6) is 11.5 Å². The summed E-state index contributed by atoms with van der Waals surface area (Å²) in [4.78, 5) is 14.9. The highest BCUT2D eigenvalue weighted by molar-refractivity contribution is 7.99. The Bertz CT molecular complexity index is 1120. The Hall–Kier alpha value is -3.07. The summed E-state index contributed by atoms with van der Waals surface area (Å²) in [5.74, 6) is 1.32. The second-order valence-corrected chi connectivity index (χ2v) is 8.57. The van der Waals surface area contributed by atoms with Crippen molar-refractivity contribution in [3.63, 3.8) is 0 Å². The lowest BCUT2D eigenvalue weighted by atomic mass is 10.0. The number of carbonyl (C=O) groups excluding carboxylic acids is 1. The van der Waals surface area contributed by atoms with E-state index in [0.29, 0.717) is 19.8 Å². The summed E-state index contributed by atoms with van der Waals surface area (Å²) in [6.45, 7) is 1.97. The standard InChI is InChI=1S/C23H22FN3O4S/c24-17-6-2-1-5-16(17)22-25-26-23(31-22)32-14-21(28)27-10-3-7-18(27)15-8-9-19-20(13-15)30-12-4-11-29-19/h1-2,5-6,8-9,13,18H,3-4,7,10-12,14H2/t18-/m1/s1. The van der Waals surface area contributed by atoms with Gasteiger partial charge in [0.25, 0.3) is 11.1 Å². The first-order valence-electron chi connectivity index (χ1n) is 10.6. The van der Waals surface area contributed by atoms with Crippen LogP contribution in [0.2, 0.25) is 0 Å². The zero-order valence-electron chi connectivity index (χ0n) is 17.3. The molecule has 0 aliphatic carbocycles. The van der Waals surface area contributed by atoms with E-state index in [0.717, 1.165) is 48.1 Å². The second-order valence-electron chi connectivity index (χ2n) is 7.64. The molecule has 3 heterocycles. The molecule has 166 valence electrons. The van der Waals surface area contributed by atoms with Gasteiger partial charge in [0.15, 0.2) is 11.5 Å². The Labute approximate surface area is 188 Å². The van der Waals surface area contributed by atoms with Gasteiger partial charge in [-0.25, -0.2) is 4.39 Å². The number of benzene rings is 2. The SMILES string of the molecule is O=C(CSc1nnc(-c2ccccc2F)o1)N1CCC[C@@H]1c1ccc2c(c1)OCCCO2. The van der Waals surface area contributed by atoms with Gasteiger partial charge in [0.1, 0.15) is 5.82 Å². The van der Waals surface area contributed by atoms with Gasteiger partial charge in [-0.05, 0) is 42.7 Å². The highest BCUT2D eigenvalue weighted by Gasteiger charge is 2.31. The lowest BCUT2D eigenvalue weighted by Crippen LogP contribution is -2.32. The zero-order valence-corrected chi connectivity index (χ0v) is 18.1. The van der Waals surface area contributed by atoms with Crippen LogP contribution in [0.25, 0.3) is 11.5 Å². The molecular formula is C23H22FN3O4S. The highest BCUT2D eigenvalue weighted by Crippen LogP contribution is 2.38. The molecule has 2 aromatic carbocycles. The summed E-state index contributed by atoms with van der Waals surface area (Å²) in [6, 6.07) is 12.1. The molecule has 0 saturated carbocycles. The maximum Gasteiger partial charge on any atom is 0.277 e. The second kappa shape index (κ2) is 9.20. The summed E-state index contributed by atoms with van der Waals surface area (Å²) in [6.07, 6.45) is 2.69. The smallest absolute Gasteiger partial charge is 0.277 e. The van der Waals surface area contributed by atoms with Crippen molar-refractivity contribution in [2.24, 2.45) is 0 Å². The molecule has 2 aliphatic heterocycles. The summed E-state index contributed by atoms with van der Waals surface area (Å²) in [5.41, 5.74) is 1.29. The average molecular weight is 456 g/mol. The van der Waals surface area contributed by atoms with Crippen molar-refractivity contribution in [2.45, 2.75) is 30.5 Å². The van der Waals surface area contributed by atoms with Crippen molar-refractivity contribution in [2.75, 3.05) is 25.5 Å². The van der Waals surface area contributed by atoms with E-state index >= 15 is 0 Å². The number of likely N-dealkylation sites (tertiary alicyclic amines) is 1. The predicted molar refractivity (Wildman–Crippen MR) is 116 cm³/mol. The first-order valence-corrected chi connectivity index (χ1v) is 11.6. The van der Waals surface area contributed by atoms with Crippen LogP contribution in [-0.4, -0.2) is 46.5 Å². The number of carbonyl (C=O) groups is 1. The summed E-state index contributed by atoms with van der Waals surface area (Å²) >= 11 is 1.16. The fourth-order valence-electron chi connectivity index (χ4n) is 4.02. The number of rotatable bonds is 5. The van der Waals surface area contributed by atoms with Gasteiger partial charge >= 0.3 is 0 Å². The van der Waals surface area contributed by atoms with Crippen LogP contribution < -0.4 is 9.47 Å². The van der Waals surface area contributed by atoms with Crippen molar-refractivity contribution in [3.05, 3.63) is 53.8 Å². The van der Waals surface area contributed by atoms with Crippen molar-refractivity contribution < 1.29 is 23.1 Å². The number of thioether (sulfide) groups is 1. The molecule has 0 spiro atoms. The molecule has 1 amide bonds. The summed E-state index contributed by atoms with van der Waals surface area (Å²) in [7, 11) is 0. The Morgan fingerprint density at radius 1 is 1.09 bits per heavy atom. The van der Waals surface area contributed by atoms with Gasteiger partial charge in [-0.3, -0.25) is 4.79 Å². The first-order chi connectivity index (χ1) is 15.7. The molecule has 32 heavy (non-hydrogen) atoms. The van der Waals surface area contributed by atoms with Crippen molar-refractivity contribution in [3.8, 4) is 23.0 Å². The van der Waals surface area contributed by atoms with Gasteiger partial charge in [0, 0.05) is 13.0 Å². The number of fused-ring (bicyclic) bond motifs is 1. The van der Waals surface area contributed by atoms with Gasteiger partial charge in [-0.1, -0.05) is 30.0 Å². The number of aromatic nitrogens is 2.